The largest absolute Gasteiger partial charge is 0.315 e. The summed E-state index contributed by atoms with van der Waals surface area (Å²) >= 11 is 14.5. The molecule has 0 spiro atoms. The first-order chi connectivity index (χ1) is 16.0. The van der Waals surface area contributed by atoms with Gasteiger partial charge >= 0.3 is 0 Å². The number of pyridine rings is 1. The van der Waals surface area contributed by atoms with Crippen molar-refractivity contribution in [1.29, 1.82) is 5.26 Å². The summed E-state index contributed by atoms with van der Waals surface area (Å²) in [5.74, 6) is 0. The minimum absolute atomic E-state index is 0.0253. The summed E-state index contributed by atoms with van der Waals surface area (Å²) in [5, 5.41) is 23.4. The van der Waals surface area contributed by atoms with Crippen LogP contribution in [-0.2, 0) is 0 Å². The van der Waals surface area contributed by atoms with Crippen molar-refractivity contribution < 1.29 is 0 Å². The van der Waals surface area contributed by atoms with Crippen LogP contribution in [0, 0.1) is 11.3 Å². The van der Waals surface area contributed by atoms with Crippen molar-refractivity contribution in [3.8, 4) is 17.2 Å². The van der Waals surface area contributed by atoms with E-state index in [1.165, 1.54) is 0 Å². The third-order valence-electron chi connectivity index (χ3n) is 5.99. The van der Waals surface area contributed by atoms with Gasteiger partial charge in [0.1, 0.15) is 6.07 Å². The fourth-order valence-electron chi connectivity index (χ4n) is 4.31. The van der Waals surface area contributed by atoms with Crippen LogP contribution in [0.1, 0.15) is 42.2 Å². The Bertz CT molecular complexity index is 1330. The number of thioether (sulfide) groups is 1. The van der Waals surface area contributed by atoms with E-state index in [2.05, 4.69) is 45.5 Å². The molecule has 2 atom stereocenters. The van der Waals surface area contributed by atoms with Gasteiger partial charge in [-0.15, -0.1) is 11.8 Å². The molecule has 4 aromatic rings. The second-order valence-corrected chi connectivity index (χ2v) is 10.4. The van der Waals surface area contributed by atoms with Crippen LogP contribution < -0.4 is 5.32 Å². The number of nitrogens with zero attached hydrogens (tertiary/aromatic N) is 5. The lowest BCUT2D eigenvalue weighted by molar-refractivity contribution is 0.347. The van der Waals surface area contributed by atoms with Crippen LogP contribution >= 0.6 is 35.0 Å². The molecule has 0 unspecified atom stereocenters. The molecule has 168 valence electrons. The molecule has 0 bridgehead atoms. The molecule has 3 aromatic heterocycles. The maximum Gasteiger partial charge on any atom is 0.103 e. The molecule has 4 heterocycles. The zero-order chi connectivity index (χ0) is 22.9. The molecule has 1 N–H and O–H groups in total. The SMILES string of the molecule is C[C@@H](Sc1cc(-c2cnn([C@H]3CCCNC3)c2)cn2ncc(C#N)c12)c1c(Cl)cccc1Cl. The molecule has 6 nitrogen and oxygen atoms in total. The topological polar surface area (TPSA) is 70.9 Å². The fourth-order valence-corrected chi connectivity index (χ4v) is 6.43. The van der Waals surface area contributed by atoms with Gasteiger partial charge in [0.25, 0.3) is 0 Å². The maximum absolute atomic E-state index is 9.65. The first-order valence-corrected chi connectivity index (χ1v) is 12.5. The molecule has 1 aromatic carbocycles. The molecule has 0 radical (unpaired) electrons. The van der Waals surface area contributed by atoms with Gasteiger partial charge in [-0.25, -0.2) is 4.52 Å². The smallest absolute Gasteiger partial charge is 0.103 e. The van der Waals surface area contributed by atoms with E-state index in [0.29, 0.717) is 21.7 Å². The average molecular weight is 497 g/mol. The summed E-state index contributed by atoms with van der Waals surface area (Å²) in [7, 11) is 0. The molecule has 9 heteroatoms. The quantitative estimate of drug-likeness (QED) is 0.335. The van der Waals surface area contributed by atoms with Crippen LogP contribution in [0.4, 0.5) is 0 Å². The predicted octanol–water partition coefficient (Wildman–Crippen LogP) is 6.15. The Labute approximate surface area is 206 Å². The van der Waals surface area contributed by atoms with E-state index in [9.17, 15) is 5.26 Å². The van der Waals surface area contributed by atoms with Gasteiger partial charge in [-0.1, -0.05) is 29.3 Å². The van der Waals surface area contributed by atoms with Gasteiger partial charge in [0.05, 0.1) is 29.5 Å². The first kappa shape index (κ1) is 22.3. The molecule has 0 aliphatic carbocycles. The predicted molar refractivity (Wildman–Crippen MR) is 133 cm³/mol. The molecule has 1 saturated heterocycles. The van der Waals surface area contributed by atoms with Gasteiger partial charge in [-0.2, -0.15) is 15.5 Å². The molecule has 1 fully saturated rings. The lowest BCUT2D eigenvalue weighted by Crippen LogP contribution is -2.31. The Hall–Kier alpha value is -2.50. The van der Waals surface area contributed by atoms with Crippen molar-refractivity contribution in [3.05, 3.63) is 70.2 Å². The highest BCUT2D eigenvalue weighted by molar-refractivity contribution is 7.99. The summed E-state index contributed by atoms with van der Waals surface area (Å²) in [5.41, 5.74) is 4.20. The summed E-state index contributed by atoms with van der Waals surface area (Å²) < 4.78 is 3.82. The van der Waals surface area contributed by atoms with Crippen molar-refractivity contribution in [2.24, 2.45) is 0 Å². The van der Waals surface area contributed by atoms with Crippen LogP contribution in [0.2, 0.25) is 10.0 Å². The van der Waals surface area contributed by atoms with Crippen molar-refractivity contribution in [2.75, 3.05) is 13.1 Å². The molecule has 5 rings (SSSR count). The molecule has 33 heavy (non-hydrogen) atoms. The molecule has 1 aliphatic heterocycles. The Morgan fingerprint density at radius 3 is 2.73 bits per heavy atom. The maximum atomic E-state index is 9.65. The standard InChI is InChI=1S/C24H22Cl2N6S/c1-15(23-20(25)5-2-6-21(23)26)33-22-8-16(13-32-24(22)17(9-27)10-30-32)18-11-29-31(14-18)19-4-3-7-28-12-19/h2,5-6,8,10-11,13-15,19,28H,3-4,7,12H2,1H3/t15-,19+/m1/s1. The van der Waals surface area contributed by atoms with Crippen LogP contribution in [0.3, 0.4) is 0 Å². The van der Waals surface area contributed by atoms with Crippen LogP contribution in [0.5, 0.6) is 0 Å². The number of hydrogen-bond donors (Lipinski definition) is 1. The number of fused-ring (bicyclic) bond motifs is 1. The number of nitriles is 1. The van der Waals surface area contributed by atoms with Gasteiger partial charge < -0.3 is 5.32 Å². The van der Waals surface area contributed by atoms with Gasteiger partial charge in [0, 0.05) is 55.8 Å². The van der Waals surface area contributed by atoms with Crippen LogP contribution in [0.15, 0.2) is 53.9 Å². The second-order valence-electron chi connectivity index (χ2n) is 8.16. The van der Waals surface area contributed by atoms with E-state index in [4.69, 9.17) is 23.2 Å². The minimum atomic E-state index is -0.0253. The van der Waals surface area contributed by atoms with Gasteiger partial charge in [-0.05, 0) is 44.5 Å². The molecule has 0 amide bonds. The van der Waals surface area contributed by atoms with E-state index in [1.807, 2.05) is 30.6 Å². The van der Waals surface area contributed by atoms with E-state index < -0.39 is 0 Å². The Morgan fingerprint density at radius 2 is 2.00 bits per heavy atom. The summed E-state index contributed by atoms with van der Waals surface area (Å²) in [6.07, 6.45) is 9.82. The van der Waals surface area contributed by atoms with Gasteiger partial charge in [0.2, 0.25) is 0 Å². The van der Waals surface area contributed by atoms with E-state index in [1.54, 1.807) is 22.5 Å². The average Bonchev–Trinajstić information content (AvgIpc) is 3.47. The second kappa shape index (κ2) is 9.40. The Morgan fingerprint density at radius 1 is 1.18 bits per heavy atom. The number of rotatable bonds is 5. The lowest BCUT2D eigenvalue weighted by atomic mass is 10.1. The lowest BCUT2D eigenvalue weighted by Gasteiger charge is -2.22. The Kier molecular flexibility index (Phi) is 6.35. The molecule has 0 saturated carbocycles. The third-order valence-corrected chi connectivity index (χ3v) is 7.80. The van der Waals surface area contributed by atoms with E-state index in [-0.39, 0.29) is 5.25 Å². The Balaban J connectivity index is 1.55. The zero-order valence-corrected chi connectivity index (χ0v) is 20.3. The summed E-state index contributed by atoms with van der Waals surface area (Å²) in [6, 6.07) is 10.3. The highest BCUT2D eigenvalue weighted by Crippen LogP contribution is 2.44. The number of benzene rings is 1. The molecular formula is C24H22Cl2N6S. The van der Waals surface area contributed by atoms with E-state index in [0.717, 1.165) is 53.0 Å². The van der Waals surface area contributed by atoms with Gasteiger partial charge in [-0.3, -0.25) is 4.68 Å². The highest BCUT2D eigenvalue weighted by Gasteiger charge is 2.21. The van der Waals surface area contributed by atoms with Crippen molar-refractivity contribution >= 4 is 40.5 Å². The van der Waals surface area contributed by atoms with Gasteiger partial charge in [0.15, 0.2) is 0 Å². The summed E-state index contributed by atoms with van der Waals surface area (Å²) in [4.78, 5) is 0.942. The van der Waals surface area contributed by atoms with Crippen LogP contribution in [0.25, 0.3) is 16.6 Å². The van der Waals surface area contributed by atoms with Crippen molar-refractivity contribution in [1.82, 2.24) is 24.7 Å². The van der Waals surface area contributed by atoms with Crippen molar-refractivity contribution in [3.63, 3.8) is 0 Å². The highest BCUT2D eigenvalue weighted by atomic mass is 35.5. The zero-order valence-electron chi connectivity index (χ0n) is 18.0. The molecular weight excluding hydrogens is 475 g/mol. The summed E-state index contributed by atoms with van der Waals surface area (Å²) in [6.45, 7) is 4.07. The monoisotopic (exact) mass is 496 g/mol. The molecule has 1 aliphatic rings. The van der Waals surface area contributed by atoms with Crippen molar-refractivity contribution in [2.45, 2.75) is 36.0 Å². The third kappa shape index (κ3) is 4.36. The number of hydrogen-bond acceptors (Lipinski definition) is 5. The van der Waals surface area contributed by atoms with Crippen LogP contribution in [-0.4, -0.2) is 32.5 Å². The number of aromatic nitrogens is 4. The minimum Gasteiger partial charge on any atom is -0.315 e. The first-order valence-electron chi connectivity index (χ1n) is 10.8. The number of nitrogens with one attached hydrogen (secondary N) is 1. The normalized spacial score (nSPS) is 17.2. The van der Waals surface area contributed by atoms with E-state index >= 15 is 0 Å². The fraction of sp³-hybridized carbons (Fsp3) is 0.292. The number of piperidine rings is 1. The number of halogens is 2.